The van der Waals surface area contributed by atoms with E-state index in [1.54, 1.807) is 0 Å². The molecule has 1 aromatic heterocycles. The fourth-order valence-corrected chi connectivity index (χ4v) is 4.58. The summed E-state index contributed by atoms with van der Waals surface area (Å²) in [4.78, 5) is 26.2. The monoisotopic (exact) mass is 387 g/mol. The van der Waals surface area contributed by atoms with E-state index in [9.17, 15) is 14.7 Å². The van der Waals surface area contributed by atoms with Gasteiger partial charge in [0.05, 0.1) is 11.2 Å². The number of piperidine rings is 1. The molecule has 2 aromatic rings. The van der Waals surface area contributed by atoms with E-state index in [1.807, 2.05) is 16.4 Å². The quantitative estimate of drug-likeness (QED) is 0.842. The van der Waals surface area contributed by atoms with Crippen LogP contribution in [0.1, 0.15) is 54.6 Å². The lowest BCUT2D eigenvalue weighted by molar-refractivity contribution is 0.0695. The van der Waals surface area contributed by atoms with Crippen LogP contribution < -0.4 is 16.1 Å². The van der Waals surface area contributed by atoms with Crippen molar-refractivity contribution in [1.82, 2.24) is 4.57 Å². The average Bonchev–Trinajstić information content (AvgIpc) is 3.46. The Balaban J connectivity index is 1.95. The summed E-state index contributed by atoms with van der Waals surface area (Å²) in [7, 11) is 0. The molecular weight excluding hydrogens is 361 g/mol. The van der Waals surface area contributed by atoms with Crippen molar-refractivity contribution in [1.29, 1.82) is 0 Å². The summed E-state index contributed by atoms with van der Waals surface area (Å²) >= 11 is 0. The van der Waals surface area contributed by atoms with Crippen LogP contribution in [-0.4, -0.2) is 34.8 Å². The van der Waals surface area contributed by atoms with E-state index in [-0.39, 0.29) is 23.0 Å². The molecule has 2 atom stereocenters. The molecule has 2 heterocycles. The van der Waals surface area contributed by atoms with Crippen LogP contribution in [0.2, 0.25) is 0 Å². The fourth-order valence-electron chi connectivity index (χ4n) is 4.58. The third-order valence-corrected chi connectivity index (χ3v) is 6.11. The fraction of sp³-hybridized carbons (Fsp3) is 0.524. The summed E-state index contributed by atoms with van der Waals surface area (Å²) in [6.07, 6.45) is 5.19. The molecule has 0 unspecified atom stereocenters. The van der Waals surface area contributed by atoms with Crippen molar-refractivity contribution in [3.63, 3.8) is 0 Å². The number of carboxylic acid groups (broad SMARTS) is 1. The van der Waals surface area contributed by atoms with E-state index in [0.29, 0.717) is 29.2 Å². The van der Waals surface area contributed by atoms with E-state index in [2.05, 4.69) is 6.92 Å². The summed E-state index contributed by atoms with van der Waals surface area (Å²) < 4.78 is 17.1. The number of carboxylic acids is 1. The van der Waals surface area contributed by atoms with Gasteiger partial charge in [-0.3, -0.25) is 4.79 Å². The number of aryl methyl sites for hydroxylation is 1. The number of anilines is 1. The summed E-state index contributed by atoms with van der Waals surface area (Å²) in [5.41, 5.74) is 7.09. The lowest BCUT2D eigenvalue weighted by atomic mass is 9.91. The molecule has 150 valence electrons. The van der Waals surface area contributed by atoms with Crippen LogP contribution in [0.5, 0.6) is 0 Å². The maximum absolute atomic E-state index is 15.2. The highest BCUT2D eigenvalue weighted by molar-refractivity contribution is 5.95. The van der Waals surface area contributed by atoms with Crippen LogP contribution >= 0.6 is 0 Å². The van der Waals surface area contributed by atoms with Crippen LogP contribution in [0.25, 0.3) is 10.9 Å². The van der Waals surface area contributed by atoms with Crippen LogP contribution in [0.3, 0.4) is 0 Å². The van der Waals surface area contributed by atoms with Crippen molar-refractivity contribution in [2.45, 2.75) is 51.6 Å². The number of benzene rings is 1. The first kappa shape index (κ1) is 18.9. The zero-order valence-corrected chi connectivity index (χ0v) is 16.2. The van der Waals surface area contributed by atoms with Crippen molar-refractivity contribution in [2.75, 3.05) is 18.0 Å². The van der Waals surface area contributed by atoms with Gasteiger partial charge in [-0.15, -0.1) is 0 Å². The Labute approximate surface area is 162 Å². The molecule has 28 heavy (non-hydrogen) atoms. The first-order chi connectivity index (χ1) is 13.3. The molecule has 3 N–H and O–H groups in total. The van der Waals surface area contributed by atoms with Gasteiger partial charge in [-0.05, 0) is 43.7 Å². The summed E-state index contributed by atoms with van der Waals surface area (Å²) in [5.74, 6) is -1.37. The minimum atomic E-state index is -1.28. The maximum Gasteiger partial charge on any atom is 0.341 e. The predicted molar refractivity (Wildman–Crippen MR) is 107 cm³/mol. The van der Waals surface area contributed by atoms with Crippen molar-refractivity contribution in [3.05, 3.63) is 39.4 Å². The Bertz CT molecular complexity index is 1010. The standard InChI is InChI=1S/C21H26FN3O3/c1-3-12-6-13(23)9-24(8-12)19-11(2)18-15(7-17(19)22)20(26)16(21(27)28)10-25(18)14-4-5-14/h7,10,12-14H,3-6,8-9,23H2,1-2H3,(H,27,28)/t12-,13-/m0/s1. The number of fused-ring (bicyclic) bond motifs is 1. The molecule has 1 aliphatic carbocycles. The molecule has 0 radical (unpaired) electrons. The van der Waals surface area contributed by atoms with Crippen LogP contribution in [-0.2, 0) is 0 Å². The Morgan fingerprint density at radius 2 is 2.07 bits per heavy atom. The highest BCUT2D eigenvalue weighted by Gasteiger charge is 2.31. The van der Waals surface area contributed by atoms with Crippen molar-refractivity contribution in [3.8, 4) is 0 Å². The largest absolute Gasteiger partial charge is 0.477 e. The second-order valence-corrected chi connectivity index (χ2v) is 8.22. The first-order valence-corrected chi connectivity index (χ1v) is 9.93. The van der Waals surface area contributed by atoms with Gasteiger partial charge in [-0.2, -0.15) is 0 Å². The van der Waals surface area contributed by atoms with Gasteiger partial charge in [0.25, 0.3) is 0 Å². The SMILES string of the molecule is CC[C@H]1C[C@H](N)CN(c2c(F)cc3c(=O)c(C(=O)O)cn(C4CC4)c3c2C)C1. The van der Waals surface area contributed by atoms with Gasteiger partial charge in [-0.25, -0.2) is 9.18 Å². The summed E-state index contributed by atoms with van der Waals surface area (Å²) in [5, 5.41) is 9.54. The lowest BCUT2D eigenvalue weighted by Gasteiger charge is -2.38. The molecular formula is C21H26FN3O3. The highest BCUT2D eigenvalue weighted by Crippen LogP contribution is 2.40. The molecule has 0 bridgehead atoms. The van der Waals surface area contributed by atoms with E-state index in [4.69, 9.17) is 5.73 Å². The Kier molecular flexibility index (Phi) is 4.65. The smallest absolute Gasteiger partial charge is 0.341 e. The second kappa shape index (κ2) is 6.88. The van der Waals surface area contributed by atoms with E-state index < -0.39 is 17.2 Å². The van der Waals surface area contributed by atoms with E-state index >= 15 is 4.39 Å². The molecule has 4 rings (SSSR count). The third-order valence-electron chi connectivity index (χ3n) is 6.11. The molecule has 0 spiro atoms. The minimum Gasteiger partial charge on any atom is -0.477 e. The zero-order chi connectivity index (χ0) is 20.2. The third kappa shape index (κ3) is 3.07. The molecule has 7 heteroatoms. The van der Waals surface area contributed by atoms with Crippen molar-refractivity contribution >= 4 is 22.6 Å². The Morgan fingerprint density at radius 1 is 1.36 bits per heavy atom. The summed E-state index contributed by atoms with van der Waals surface area (Å²) in [6.45, 7) is 5.23. The van der Waals surface area contributed by atoms with Crippen molar-refractivity contribution in [2.24, 2.45) is 11.7 Å². The molecule has 6 nitrogen and oxygen atoms in total. The van der Waals surface area contributed by atoms with Gasteiger partial charge in [0.15, 0.2) is 0 Å². The predicted octanol–water partition coefficient (Wildman–Crippen LogP) is 3.05. The molecule has 2 aliphatic rings. The van der Waals surface area contributed by atoms with E-state index in [1.165, 1.54) is 12.3 Å². The molecule has 1 aromatic carbocycles. The van der Waals surface area contributed by atoms with Crippen LogP contribution in [0.4, 0.5) is 10.1 Å². The summed E-state index contributed by atoms with van der Waals surface area (Å²) in [6, 6.07) is 1.35. The molecule has 2 fully saturated rings. The normalized spacial score (nSPS) is 22.6. The molecule has 0 amide bonds. The average molecular weight is 387 g/mol. The van der Waals surface area contributed by atoms with E-state index in [0.717, 1.165) is 32.2 Å². The number of hydrogen-bond donors (Lipinski definition) is 2. The second-order valence-electron chi connectivity index (χ2n) is 8.22. The zero-order valence-electron chi connectivity index (χ0n) is 16.2. The van der Waals surface area contributed by atoms with Crippen LogP contribution in [0.15, 0.2) is 17.1 Å². The Hall–Kier alpha value is -2.41. The number of rotatable bonds is 4. The molecule has 1 aliphatic heterocycles. The number of carbonyl (C=O) groups is 1. The van der Waals surface area contributed by atoms with Gasteiger partial charge in [0, 0.05) is 36.8 Å². The van der Waals surface area contributed by atoms with Gasteiger partial charge >= 0.3 is 5.97 Å². The topological polar surface area (TPSA) is 88.6 Å². The lowest BCUT2D eigenvalue weighted by Crippen LogP contribution is -2.47. The maximum atomic E-state index is 15.2. The number of nitrogens with two attached hydrogens (primary N) is 1. The first-order valence-electron chi connectivity index (χ1n) is 9.93. The number of hydrogen-bond acceptors (Lipinski definition) is 4. The number of aromatic carboxylic acids is 1. The molecule has 1 saturated heterocycles. The highest BCUT2D eigenvalue weighted by atomic mass is 19.1. The number of halogens is 1. The van der Waals surface area contributed by atoms with Crippen molar-refractivity contribution < 1.29 is 14.3 Å². The van der Waals surface area contributed by atoms with Gasteiger partial charge in [-0.1, -0.05) is 13.3 Å². The minimum absolute atomic E-state index is 0.0202. The van der Waals surface area contributed by atoms with Gasteiger partial charge < -0.3 is 20.3 Å². The molecule has 1 saturated carbocycles. The number of nitrogens with zero attached hydrogens (tertiary/aromatic N) is 2. The number of pyridine rings is 1. The van der Waals surface area contributed by atoms with Gasteiger partial charge in [0.1, 0.15) is 11.4 Å². The van der Waals surface area contributed by atoms with Gasteiger partial charge in [0.2, 0.25) is 5.43 Å². The Morgan fingerprint density at radius 3 is 2.68 bits per heavy atom. The number of aromatic nitrogens is 1. The van der Waals surface area contributed by atoms with Crippen LogP contribution in [0, 0.1) is 18.7 Å².